The first kappa shape index (κ1) is 11.4. The molecule has 1 aliphatic heterocycles. The van der Waals surface area contributed by atoms with Crippen LogP contribution in [0.25, 0.3) is 0 Å². The molecule has 1 heterocycles. The number of hydrogen-bond acceptors (Lipinski definition) is 2. The van der Waals surface area contributed by atoms with Crippen molar-refractivity contribution in [3.8, 4) is 0 Å². The summed E-state index contributed by atoms with van der Waals surface area (Å²) in [4.78, 5) is 0. The summed E-state index contributed by atoms with van der Waals surface area (Å²) in [5.74, 6) is 0.804. The van der Waals surface area contributed by atoms with Crippen LogP contribution in [0.2, 0.25) is 0 Å². The highest BCUT2D eigenvalue weighted by molar-refractivity contribution is 4.91. The topological polar surface area (TPSA) is 21.3 Å². The van der Waals surface area contributed by atoms with Crippen LogP contribution in [0.15, 0.2) is 0 Å². The molecule has 4 unspecified atom stereocenters. The highest BCUT2D eigenvalue weighted by atomic mass is 16.5. The number of nitrogens with one attached hydrogen (secondary N) is 1. The Kier molecular flexibility index (Phi) is 4.04. The smallest absolute Gasteiger partial charge is 0.0619 e. The summed E-state index contributed by atoms with van der Waals surface area (Å²) >= 11 is 0. The minimum absolute atomic E-state index is 0.574. The average molecular weight is 211 g/mol. The van der Waals surface area contributed by atoms with Gasteiger partial charge in [0.25, 0.3) is 0 Å². The summed E-state index contributed by atoms with van der Waals surface area (Å²) in [5, 5.41) is 3.81. The van der Waals surface area contributed by atoms with Crippen LogP contribution in [0.1, 0.15) is 52.4 Å². The van der Waals surface area contributed by atoms with Gasteiger partial charge in [-0.25, -0.2) is 0 Å². The fraction of sp³-hybridized carbons (Fsp3) is 1.00. The average Bonchev–Trinajstić information content (AvgIpc) is 2.67. The molecule has 0 aromatic heterocycles. The standard InChI is InChI=1S/C13H25NO/c1-3-5-10(2)14-12-6-4-7-13-11(12)8-9-15-13/h10-14H,3-9H2,1-2H3. The molecule has 1 N–H and O–H groups in total. The minimum atomic E-state index is 0.574. The Balaban J connectivity index is 1.84. The van der Waals surface area contributed by atoms with Gasteiger partial charge in [0.2, 0.25) is 0 Å². The molecule has 2 rings (SSSR count). The first-order chi connectivity index (χ1) is 7.31. The quantitative estimate of drug-likeness (QED) is 0.772. The summed E-state index contributed by atoms with van der Waals surface area (Å²) in [7, 11) is 0. The third-order valence-corrected chi connectivity index (χ3v) is 4.00. The third-order valence-electron chi connectivity index (χ3n) is 4.00. The van der Waals surface area contributed by atoms with Crippen LogP contribution in [0.4, 0.5) is 0 Å². The molecule has 0 aromatic rings. The Labute approximate surface area is 93.8 Å². The van der Waals surface area contributed by atoms with Crippen molar-refractivity contribution in [2.24, 2.45) is 5.92 Å². The zero-order valence-electron chi connectivity index (χ0n) is 10.2. The van der Waals surface area contributed by atoms with Crippen LogP contribution in [0.5, 0.6) is 0 Å². The zero-order valence-corrected chi connectivity index (χ0v) is 10.2. The maximum absolute atomic E-state index is 5.79. The van der Waals surface area contributed by atoms with Crippen molar-refractivity contribution in [2.45, 2.75) is 70.6 Å². The van der Waals surface area contributed by atoms with Gasteiger partial charge in [0, 0.05) is 24.6 Å². The zero-order chi connectivity index (χ0) is 10.7. The normalized spacial score (nSPS) is 37.6. The number of rotatable bonds is 4. The van der Waals surface area contributed by atoms with Gasteiger partial charge in [-0.3, -0.25) is 0 Å². The lowest BCUT2D eigenvalue weighted by atomic mass is 9.81. The second-order valence-corrected chi connectivity index (χ2v) is 5.26. The van der Waals surface area contributed by atoms with E-state index in [9.17, 15) is 0 Å². The lowest BCUT2D eigenvalue weighted by Crippen LogP contribution is -2.46. The van der Waals surface area contributed by atoms with Gasteiger partial charge >= 0.3 is 0 Å². The van der Waals surface area contributed by atoms with E-state index in [2.05, 4.69) is 19.2 Å². The minimum Gasteiger partial charge on any atom is -0.378 e. The van der Waals surface area contributed by atoms with Crippen molar-refractivity contribution in [2.75, 3.05) is 6.61 Å². The van der Waals surface area contributed by atoms with E-state index in [0.717, 1.165) is 18.6 Å². The third kappa shape index (κ3) is 2.73. The fourth-order valence-electron chi connectivity index (χ4n) is 3.26. The van der Waals surface area contributed by atoms with E-state index in [1.54, 1.807) is 0 Å². The van der Waals surface area contributed by atoms with E-state index >= 15 is 0 Å². The van der Waals surface area contributed by atoms with Crippen LogP contribution in [0, 0.1) is 5.92 Å². The van der Waals surface area contributed by atoms with Gasteiger partial charge in [0.05, 0.1) is 6.10 Å². The van der Waals surface area contributed by atoms with Crippen molar-refractivity contribution in [3.63, 3.8) is 0 Å². The first-order valence-electron chi connectivity index (χ1n) is 6.69. The molecular formula is C13H25NO. The Morgan fingerprint density at radius 3 is 3.00 bits per heavy atom. The molecule has 1 saturated carbocycles. The molecule has 15 heavy (non-hydrogen) atoms. The molecule has 2 heteroatoms. The molecule has 1 saturated heterocycles. The first-order valence-corrected chi connectivity index (χ1v) is 6.69. The summed E-state index contributed by atoms with van der Waals surface area (Å²) in [6.07, 6.45) is 8.44. The van der Waals surface area contributed by atoms with Crippen LogP contribution in [-0.4, -0.2) is 24.8 Å². The molecular weight excluding hydrogens is 186 g/mol. The van der Waals surface area contributed by atoms with Gasteiger partial charge < -0.3 is 10.1 Å². The second-order valence-electron chi connectivity index (χ2n) is 5.26. The van der Waals surface area contributed by atoms with Crippen LogP contribution in [-0.2, 0) is 4.74 Å². The van der Waals surface area contributed by atoms with Gasteiger partial charge in [0.15, 0.2) is 0 Å². The SMILES string of the molecule is CCCC(C)NC1CCCC2OCCC12. The highest BCUT2D eigenvalue weighted by Gasteiger charge is 2.37. The molecule has 0 spiro atoms. The molecule has 1 aliphatic carbocycles. The van der Waals surface area contributed by atoms with Gasteiger partial charge in [0.1, 0.15) is 0 Å². The Morgan fingerprint density at radius 2 is 2.20 bits per heavy atom. The van der Waals surface area contributed by atoms with Crippen molar-refractivity contribution in [3.05, 3.63) is 0 Å². The van der Waals surface area contributed by atoms with Crippen molar-refractivity contribution in [1.82, 2.24) is 5.32 Å². The molecule has 0 amide bonds. The van der Waals surface area contributed by atoms with Gasteiger partial charge in [-0.15, -0.1) is 0 Å². The van der Waals surface area contributed by atoms with Crippen molar-refractivity contribution in [1.29, 1.82) is 0 Å². The molecule has 2 fully saturated rings. The van der Waals surface area contributed by atoms with Crippen LogP contribution < -0.4 is 5.32 Å². The Hall–Kier alpha value is -0.0800. The molecule has 4 atom stereocenters. The monoisotopic (exact) mass is 211 g/mol. The summed E-state index contributed by atoms with van der Waals surface area (Å²) in [5.41, 5.74) is 0. The molecule has 88 valence electrons. The lowest BCUT2D eigenvalue weighted by Gasteiger charge is -2.35. The second kappa shape index (κ2) is 5.31. The van der Waals surface area contributed by atoms with Gasteiger partial charge in [-0.1, -0.05) is 13.3 Å². The maximum Gasteiger partial charge on any atom is 0.0619 e. The van der Waals surface area contributed by atoms with E-state index in [4.69, 9.17) is 4.74 Å². The summed E-state index contributed by atoms with van der Waals surface area (Å²) in [6.45, 7) is 5.58. The van der Waals surface area contributed by atoms with Crippen molar-refractivity contribution < 1.29 is 4.74 Å². The van der Waals surface area contributed by atoms with Crippen LogP contribution >= 0.6 is 0 Å². The van der Waals surface area contributed by atoms with E-state index in [-0.39, 0.29) is 0 Å². The Morgan fingerprint density at radius 1 is 1.33 bits per heavy atom. The van der Waals surface area contributed by atoms with E-state index in [1.165, 1.54) is 38.5 Å². The number of hydrogen-bond donors (Lipinski definition) is 1. The summed E-state index contributed by atoms with van der Waals surface area (Å²) < 4.78 is 5.79. The molecule has 2 nitrogen and oxygen atoms in total. The molecule has 0 aromatic carbocycles. The van der Waals surface area contributed by atoms with E-state index < -0.39 is 0 Å². The van der Waals surface area contributed by atoms with Gasteiger partial charge in [-0.2, -0.15) is 0 Å². The summed E-state index contributed by atoms with van der Waals surface area (Å²) in [6, 6.07) is 1.41. The number of fused-ring (bicyclic) bond motifs is 1. The van der Waals surface area contributed by atoms with Gasteiger partial charge in [-0.05, 0) is 39.0 Å². The predicted octanol–water partition coefficient (Wildman–Crippen LogP) is 2.72. The van der Waals surface area contributed by atoms with Crippen molar-refractivity contribution >= 4 is 0 Å². The van der Waals surface area contributed by atoms with E-state index in [1.807, 2.05) is 0 Å². The Bertz CT molecular complexity index is 195. The highest BCUT2D eigenvalue weighted by Crippen LogP contribution is 2.34. The molecule has 2 aliphatic rings. The lowest BCUT2D eigenvalue weighted by molar-refractivity contribution is 0.0512. The molecule has 0 radical (unpaired) electrons. The molecule has 0 bridgehead atoms. The maximum atomic E-state index is 5.79. The van der Waals surface area contributed by atoms with Crippen LogP contribution in [0.3, 0.4) is 0 Å². The van der Waals surface area contributed by atoms with E-state index in [0.29, 0.717) is 12.1 Å². The largest absolute Gasteiger partial charge is 0.378 e. The predicted molar refractivity (Wildman–Crippen MR) is 63.0 cm³/mol. The number of ether oxygens (including phenoxy) is 1. The fourth-order valence-corrected chi connectivity index (χ4v) is 3.26.